The van der Waals surface area contributed by atoms with Gasteiger partial charge in [-0.15, -0.1) is 0 Å². The molecule has 3 N–H and O–H groups in total. The Morgan fingerprint density at radius 3 is 2.42 bits per heavy atom. The lowest BCUT2D eigenvalue weighted by Gasteiger charge is -2.15. The third kappa shape index (κ3) is 3.42. The van der Waals surface area contributed by atoms with Crippen molar-refractivity contribution >= 4 is 11.7 Å². The SMILES string of the molecule is CNc1nccnc1-c1ccc(C(=O)NC(C)c2c(C)n[nH]c2C)cc1. The summed E-state index contributed by atoms with van der Waals surface area (Å²) in [6, 6.07) is 7.20. The van der Waals surface area contributed by atoms with Gasteiger partial charge in [0.25, 0.3) is 5.91 Å². The van der Waals surface area contributed by atoms with Crippen LogP contribution in [0.3, 0.4) is 0 Å². The second kappa shape index (κ2) is 7.35. The lowest BCUT2D eigenvalue weighted by molar-refractivity contribution is 0.0940. The van der Waals surface area contributed by atoms with E-state index in [4.69, 9.17) is 0 Å². The normalized spacial score (nSPS) is 11.8. The minimum absolute atomic E-state index is 0.128. The number of carbonyl (C=O) groups excluding carboxylic acids is 1. The Kier molecular flexibility index (Phi) is 4.97. The van der Waals surface area contributed by atoms with Crippen LogP contribution in [0.4, 0.5) is 5.82 Å². The average molecular weight is 350 g/mol. The summed E-state index contributed by atoms with van der Waals surface area (Å²) in [7, 11) is 1.80. The topological polar surface area (TPSA) is 95.6 Å². The fourth-order valence-electron chi connectivity index (χ4n) is 3.06. The van der Waals surface area contributed by atoms with E-state index in [0.717, 1.165) is 28.2 Å². The molecule has 0 saturated heterocycles. The van der Waals surface area contributed by atoms with Gasteiger partial charge in [-0.1, -0.05) is 12.1 Å². The van der Waals surface area contributed by atoms with Crippen molar-refractivity contribution in [3.05, 3.63) is 59.2 Å². The number of H-pyrrole nitrogens is 1. The zero-order chi connectivity index (χ0) is 18.7. The Balaban J connectivity index is 1.77. The largest absolute Gasteiger partial charge is 0.371 e. The number of hydrogen-bond acceptors (Lipinski definition) is 5. The Labute approximate surface area is 152 Å². The van der Waals surface area contributed by atoms with Gasteiger partial charge in [0.2, 0.25) is 0 Å². The highest BCUT2D eigenvalue weighted by Crippen LogP contribution is 2.24. The smallest absolute Gasteiger partial charge is 0.251 e. The van der Waals surface area contributed by atoms with Crippen LogP contribution >= 0.6 is 0 Å². The maximum atomic E-state index is 12.6. The molecule has 1 unspecified atom stereocenters. The predicted octanol–water partition coefficient (Wildman–Crippen LogP) is 3.02. The van der Waals surface area contributed by atoms with Crippen molar-refractivity contribution < 1.29 is 4.79 Å². The molecule has 0 radical (unpaired) electrons. The van der Waals surface area contributed by atoms with Crippen molar-refractivity contribution in [2.24, 2.45) is 0 Å². The lowest BCUT2D eigenvalue weighted by Crippen LogP contribution is -2.27. The molecule has 0 fully saturated rings. The van der Waals surface area contributed by atoms with Gasteiger partial charge in [0.1, 0.15) is 5.69 Å². The number of amides is 1. The van der Waals surface area contributed by atoms with Crippen LogP contribution in [0.5, 0.6) is 0 Å². The summed E-state index contributed by atoms with van der Waals surface area (Å²) in [6.07, 6.45) is 3.28. The van der Waals surface area contributed by atoms with Gasteiger partial charge in [-0.05, 0) is 32.9 Å². The summed E-state index contributed by atoms with van der Waals surface area (Å²) in [5.41, 5.74) is 5.12. The number of aryl methyl sites for hydroxylation is 2. The average Bonchev–Trinajstić information content (AvgIpc) is 3.00. The molecule has 1 amide bonds. The van der Waals surface area contributed by atoms with Crippen molar-refractivity contribution in [1.29, 1.82) is 0 Å². The molecular weight excluding hydrogens is 328 g/mol. The van der Waals surface area contributed by atoms with E-state index in [-0.39, 0.29) is 11.9 Å². The van der Waals surface area contributed by atoms with E-state index in [9.17, 15) is 4.79 Å². The highest BCUT2D eigenvalue weighted by Gasteiger charge is 2.17. The molecule has 0 saturated carbocycles. The van der Waals surface area contributed by atoms with E-state index in [0.29, 0.717) is 11.4 Å². The van der Waals surface area contributed by atoms with Crippen LogP contribution in [0.25, 0.3) is 11.3 Å². The molecular formula is C19H22N6O. The zero-order valence-corrected chi connectivity index (χ0v) is 15.3. The van der Waals surface area contributed by atoms with Crippen molar-refractivity contribution in [3.63, 3.8) is 0 Å². The molecule has 0 bridgehead atoms. The van der Waals surface area contributed by atoms with E-state index in [1.54, 1.807) is 31.6 Å². The summed E-state index contributed by atoms with van der Waals surface area (Å²) in [5.74, 6) is 0.571. The summed E-state index contributed by atoms with van der Waals surface area (Å²) in [4.78, 5) is 21.2. The second-order valence-electron chi connectivity index (χ2n) is 6.12. The fraction of sp³-hybridized carbons (Fsp3) is 0.263. The van der Waals surface area contributed by atoms with E-state index in [2.05, 4.69) is 30.8 Å². The van der Waals surface area contributed by atoms with Gasteiger partial charge in [-0.2, -0.15) is 5.10 Å². The molecule has 2 heterocycles. The fourth-order valence-corrected chi connectivity index (χ4v) is 3.06. The van der Waals surface area contributed by atoms with E-state index in [1.807, 2.05) is 32.9 Å². The molecule has 3 aromatic rings. The Morgan fingerprint density at radius 1 is 1.12 bits per heavy atom. The molecule has 26 heavy (non-hydrogen) atoms. The minimum Gasteiger partial charge on any atom is -0.371 e. The van der Waals surface area contributed by atoms with Crippen LogP contribution in [0.2, 0.25) is 0 Å². The number of carbonyl (C=O) groups is 1. The number of aromatic nitrogens is 4. The molecule has 1 atom stereocenters. The van der Waals surface area contributed by atoms with E-state index >= 15 is 0 Å². The first-order valence-corrected chi connectivity index (χ1v) is 8.42. The van der Waals surface area contributed by atoms with Gasteiger partial charge >= 0.3 is 0 Å². The molecule has 3 rings (SSSR count). The number of rotatable bonds is 5. The summed E-state index contributed by atoms with van der Waals surface area (Å²) in [6.45, 7) is 5.83. The van der Waals surface area contributed by atoms with Gasteiger partial charge in [0.15, 0.2) is 5.82 Å². The quantitative estimate of drug-likeness (QED) is 0.657. The van der Waals surface area contributed by atoms with E-state index < -0.39 is 0 Å². The van der Waals surface area contributed by atoms with Gasteiger partial charge < -0.3 is 10.6 Å². The number of aromatic amines is 1. The van der Waals surface area contributed by atoms with Crippen molar-refractivity contribution in [3.8, 4) is 11.3 Å². The maximum Gasteiger partial charge on any atom is 0.251 e. The first-order valence-electron chi connectivity index (χ1n) is 8.42. The Hall–Kier alpha value is -3.22. The van der Waals surface area contributed by atoms with Gasteiger partial charge in [0.05, 0.1) is 11.7 Å². The van der Waals surface area contributed by atoms with Crippen molar-refractivity contribution in [2.45, 2.75) is 26.8 Å². The number of benzene rings is 1. The first-order chi connectivity index (χ1) is 12.5. The molecule has 0 spiro atoms. The Morgan fingerprint density at radius 2 is 1.81 bits per heavy atom. The monoisotopic (exact) mass is 350 g/mol. The number of hydrogen-bond donors (Lipinski definition) is 3. The van der Waals surface area contributed by atoms with Crippen molar-refractivity contribution in [2.75, 3.05) is 12.4 Å². The molecule has 1 aromatic carbocycles. The van der Waals surface area contributed by atoms with Gasteiger partial charge in [-0.3, -0.25) is 14.9 Å². The van der Waals surface area contributed by atoms with Crippen LogP contribution in [-0.2, 0) is 0 Å². The second-order valence-corrected chi connectivity index (χ2v) is 6.12. The van der Waals surface area contributed by atoms with Crippen LogP contribution in [-0.4, -0.2) is 33.1 Å². The molecule has 0 aliphatic heterocycles. The highest BCUT2D eigenvalue weighted by molar-refractivity contribution is 5.95. The third-order valence-electron chi connectivity index (χ3n) is 4.32. The van der Waals surface area contributed by atoms with Crippen LogP contribution in [0.1, 0.15) is 40.3 Å². The molecule has 2 aromatic heterocycles. The van der Waals surface area contributed by atoms with Crippen LogP contribution in [0.15, 0.2) is 36.7 Å². The summed E-state index contributed by atoms with van der Waals surface area (Å²) >= 11 is 0. The number of nitrogens with one attached hydrogen (secondary N) is 3. The minimum atomic E-state index is -0.128. The summed E-state index contributed by atoms with van der Waals surface area (Å²) in [5, 5.41) is 13.2. The first kappa shape index (κ1) is 17.6. The molecule has 0 aliphatic rings. The molecule has 7 heteroatoms. The van der Waals surface area contributed by atoms with Crippen LogP contribution < -0.4 is 10.6 Å². The Bertz CT molecular complexity index is 897. The molecule has 7 nitrogen and oxygen atoms in total. The summed E-state index contributed by atoms with van der Waals surface area (Å²) < 4.78 is 0. The van der Waals surface area contributed by atoms with Gasteiger partial charge in [-0.25, -0.2) is 4.98 Å². The van der Waals surface area contributed by atoms with Crippen LogP contribution in [0, 0.1) is 13.8 Å². The predicted molar refractivity (Wildman–Crippen MR) is 101 cm³/mol. The number of nitrogens with zero attached hydrogens (tertiary/aromatic N) is 3. The van der Waals surface area contributed by atoms with E-state index in [1.165, 1.54) is 0 Å². The van der Waals surface area contributed by atoms with Gasteiger partial charge in [0, 0.05) is 41.8 Å². The standard InChI is InChI=1S/C19H22N6O/c1-11(16-12(2)24-25-13(16)3)23-19(26)15-7-5-14(6-8-15)17-18(20-4)22-10-9-21-17/h5-11H,1-4H3,(H,20,22)(H,23,26)(H,24,25). The lowest BCUT2D eigenvalue weighted by atomic mass is 10.0. The molecule has 0 aliphatic carbocycles. The third-order valence-corrected chi connectivity index (χ3v) is 4.32. The zero-order valence-electron chi connectivity index (χ0n) is 15.3. The molecule has 134 valence electrons. The number of anilines is 1. The van der Waals surface area contributed by atoms with Crippen molar-refractivity contribution in [1.82, 2.24) is 25.5 Å². The highest BCUT2D eigenvalue weighted by atomic mass is 16.1. The maximum absolute atomic E-state index is 12.6.